The second-order valence-electron chi connectivity index (χ2n) is 8.90. The molecular weight excluding hydrogens is 452 g/mol. The topological polar surface area (TPSA) is 83.0 Å². The smallest absolute Gasteiger partial charge is 0.227 e. The molecule has 188 valence electrons. The van der Waals surface area contributed by atoms with E-state index in [1.54, 1.807) is 4.90 Å². The first kappa shape index (κ1) is 26.5. The predicted molar refractivity (Wildman–Crippen MR) is 146 cm³/mol. The van der Waals surface area contributed by atoms with E-state index in [9.17, 15) is 9.59 Å². The molecule has 2 amide bonds. The highest BCUT2D eigenvalue weighted by molar-refractivity contribution is 6.14. The maximum Gasteiger partial charge on any atom is 0.227 e. The average Bonchev–Trinajstić information content (AvgIpc) is 2.86. The van der Waals surface area contributed by atoms with E-state index in [1.807, 2.05) is 93.6 Å². The first-order valence-corrected chi connectivity index (χ1v) is 12.1. The Morgan fingerprint density at radius 3 is 2.42 bits per heavy atom. The van der Waals surface area contributed by atoms with Crippen molar-refractivity contribution in [2.24, 2.45) is 5.10 Å². The van der Waals surface area contributed by atoms with Gasteiger partial charge in [-0.2, -0.15) is 5.10 Å². The summed E-state index contributed by atoms with van der Waals surface area (Å²) in [7, 11) is 0. The van der Waals surface area contributed by atoms with Crippen LogP contribution in [0.15, 0.2) is 77.9 Å². The molecule has 0 aromatic heterocycles. The van der Waals surface area contributed by atoms with Crippen LogP contribution in [0.25, 0.3) is 0 Å². The highest BCUT2D eigenvalue weighted by atomic mass is 16.5. The van der Waals surface area contributed by atoms with Gasteiger partial charge in [-0.15, -0.1) is 0 Å². The van der Waals surface area contributed by atoms with Crippen LogP contribution in [0, 0.1) is 6.92 Å². The molecule has 3 aromatic carbocycles. The van der Waals surface area contributed by atoms with E-state index < -0.39 is 0 Å². The monoisotopic (exact) mass is 486 g/mol. The number of nitrogens with one attached hydrogen (secondary N) is 2. The molecule has 2 N–H and O–H groups in total. The van der Waals surface area contributed by atoms with Crippen LogP contribution in [0.2, 0.25) is 0 Å². The summed E-state index contributed by atoms with van der Waals surface area (Å²) in [6.07, 6.45) is 2.27. The molecule has 1 unspecified atom stereocenters. The summed E-state index contributed by atoms with van der Waals surface area (Å²) < 4.78 is 5.77. The summed E-state index contributed by atoms with van der Waals surface area (Å²) in [4.78, 5) is 24.4. The van der Waals surface area contributed by atoms with Gasteiger partial charge < -0.3 is 15.0 Å². The second kappa shape index (κ2) is 13.1. The maximum atomic E-state index is 11.9. The van der Waals surface area contributed by atoms with Crippen molar-refractivity contribution in [3.05, 3.63) is 89.5 Å². The number of carbonyl (C=O) groups excluding carboxylic acids is 2. The van der Waals surface area contributed by atoms with Crippen molar-refractivity contribution < 1.29 is 14.3 Å². The molecule has 3 aromatic rings. The van der Waals surface area contributed by atoms with Gasteiger partial charge >= 0.3 is 0 Å². The number of benzene rings is 3. The SMILES string of the molecule is Cc1ccccc1/C(=N\NC=O)c1ccc(N(C=O)CCC(C)Nc2cccc(OC(C)C)c2)cc1. The number of hydrazone groups is 1. The number of aryl methyl sites for hydroxylation is 1. The van der Waals surface area contributed by atoms with E-state index in [4.69, 9.17) is 4.74 Å². The first-order valence-electron chi connectivity index (χ1n) is 12.1. The zero-order valence-electron chi connectivity index (χ0n) is 21.3. The number of hydrogen-bond donors (Lipinski definition) is 2. The summed E-state index contributed by atoms with van der Waals surface area (Å²) in [5.41, 5.74) is 7.66. The first-order chi connectivity index (χ1) is 17.4. The Bertz CT molecular complexity index is 1180. The number of ether oxygens (including phenoxy) is 1. The van der Waals surface area contributed by atoms with Gasteiger partial charge in [0.1, 0.15) is 5.75 Å². The minimum Gasteiger partial charge on any atom is -0.491 e. The summed E-state index contributed by atoms with van der Waals surface area (Å²) in [5.74, 6) is 0.828. The lowest BCUT2D eigenvalue weighted by Crippen LogP contribution is -2.27. The maximum absolute atomic E-state index is 11.9. The van der Waals surface area contributed by atoms with Crippen molar-refractivity contribution >= 4 is 29.9 Å². The van der Waals surface area contributed by atoms with E-state index >= 15 is 0 Å². The van der Waals surface area contributed by atoms with Gasteiger partial charge in [-0.1, -0.05) is 42.5 Å². The molecule has 0 saturated carbocycles. The van der Waals surface area contributed by atoms with Gasteiger partial charge in [-0.05, 0) is 63.9 Å². The molecule has 0 heterocycles. The van der Waals surface area contributed by atoms with Crippen LogP contribution in [-0.2, 0) is 9.59 Å². The van der Waals surface area contributed by atoms with Gasteiger partial charge in [0.05, 0.1) is 11.8 Å². The summed E-state index contributed by atoms with van der Waals surface area (Å²) in [5, 5.41) is 7.74. The molecule has 0 saturated heterocycles. The third-order valence-electron chi connectivity index (χ3n) is 5.65. The van der Waals surface area contributed by atoms with Gasteiger partial charge in [-0.25, -0.2) is 5.43 Å². The van der Waals surface area contributed by atoms with Crippen LogP contribution in [0.1, 0.15) is 43.9 Å². The number of anilines is 2. The van der Waals surface area contributed by atoms with E-state index in [0.29, 0.717) is 18.7 Å². The number of rotatable bonds is 13. The second-order valence-corrected chi connectivity index (χ2v) is 8.90. The zero-order chi connectivity index (χ0) is 25.9. The van der Waals surface area contributed by atoms with Crippen LogP contribution < -0.4 is 20.4 Å². The van der Waals surface area contributed by atoms with Crippen LogP contribution in [0.5, 0.6) is 5.75 Å². The molecule has 0 aliphatic carbocycles. The quantitative estimate of drug-likeness (QED) is 0.199. The number of nitrogens with zero attached hydrogens (tertiary/aromatic N) is 2. The predicted octanol–water partition coefficient (Wildman–Crippen LogP) is 5.13. The number of amides is 2. The average molecular weight is 487 g/mol. The molecule has 1 atom stereocenters. The fraction of sp³-hybridized carbons (Fsp3) is 0.276. The largest absolute Gasteiger partial charge is 0.491 e. The Balaban J connectivity index is 1.66. The van der Waals surface area contributed by atoms with Gasteiger partial charge in [-0.3, -0.25) is 9.59 Å². The van der Waals surface area contributed by atoms with Crippen LogP contribution in [0.4, 0.5) is 11.4 Å². The fourth-order valence-electron chi connectivity index (χ4n) is 3.88. The molecule has 0 aliphatic rings. The molecular formula is C29H34N4O3. The Morgan fingerprint density at radius 1 is 1.00 bits per heavy atom. The van der Waals surface area contributed by atoms with E-state index in [2.05, 4.69) is 22.8 Å². The molecule has 0 spiro atoms. The Morgan fingerprint density at radius 2 is 1.75 bits per heavy atom. The molecule has 0 radical (unpaired) electrons. The summed E-state index contributed by atoms with van der Waals surface area (Å²) in [6, 6.07) is 23.5. The van der Waals surface area contributed by atoms with Gasteiger partial charge in [0.2, 0.25) is 12.8 Å². The molecule has 0 fully saturated rings. The van der Waals surface area contributed by atoms with Gasteiger partial charge in [0.15, 0.2) is 0 Å². The Hall–Kier alpha value is -4.13. The molecule has 3 rings (SSSR count). The molecule has 7 nitrogen and oxygen atoms in total. The highest BCUT2D eigenvalue weighted by Gasteiger charge is 2.13. The number of hydrogen-bond acceptors (Lipinski definition) is 5. The van der Waals surface area contributed by atoms with E-state index in [1.165, 1.54) is 0 Å². The van der Waals surface area contributed by atoms with E-state index in [0.717, 1.165) is 46.6 Å². The lowest BCUT2D eigenvalue weighted by molar-refractivity contribution is -0.109. The summed E-state index contributed by atoms with van der Waals surface area (Å²) in [6.45, 7) is 8.65. The molecule has 7 heteroatoms. The number of carbonyl (C=O) groups is 2. The summed E-state index contributed by atoms with van der Waals surface area (Å²) >= 11 is 0. The van der Waals surface area contributed by atoms with Crippen LogP contribution >= 0.6 is 0 Å². The molecule has 0 aliphatic heterocycles. The Kier molecular flexibility index (Phi) is 9.63. The Labute approximate surface area is 213 Å². The zero-order valence-corrected chi connectivity index (χ0v) is 21.3. The van der Waals surface area contributed by atoms with Crippen molar-refractivity contribution in [2.75, 3.05) is 16.8 Å². The lowest BCUT2D eigenvalue weighted by atomic mass is 9.98. The van der Waals surface area contributed by atoms with E-state index in [-0.39, 0.29) is 12.1 Å². The van der Waals surface area contributed by atoms with Crippen molar-refractivity contribution in [1.29, 1.82) is 0 Å². The minimum atomic E-state index is 0.116. The third-order valence-corrected chi connectivity index (χ3v) is 5.65. The fourth-order valence-corrected chi connectivity index (χ4v) is 3.88. The van der Waals surface area contributed by atoms with Crippen LogP contribution in [-0.4, -0.2) is 37.2 Å². The van der Waals surface area contributed by atoms with Crippen molar-refractivity contribution in [2.45, 2.75) is 46.3 Å². The van der Waals surface area contributed by atoms with Gasteiger partial charge in [0.25, 0.3) is 0 Å². The molecule has 0 bridgehead atoms. The van der Waals surface area contributed by atoms with Crippen molar-refractivity contribution in [3.8, 4) is 5.75 Å². The van der Waals surface area contributed by atoms with Crippen molar-refractivity contribution in [1.82, 2.24) is 5.43 Å². The molecule has 36 heavy (non-hydrogen) atoms. The standard InChI is InChI=1S/C29H34N4O3/c1-21(2)36-27-10-7-9-25(18-27)31-23(4)16-17-33(20-35)26-14-12-24(13-15-26)29(32-30-19-34)28-11-6-5-8-22(28)3/h5-15,18-21,23,31H,16-17H2,1-4H3,(H,30,34)/b32-29-. The third kappa shape index (κ3) is 7.43. The minimum absolute atomic E-state index is 0.116. The van der Waals surface area contributed by atoms with Gasteiger partial charge in [0, 0.05) is 41.2 Å². The van der Waals surface area contributed by atoms with Crippen molar-refractivity contribution in [3.63, 3.8) is 0 Å². The highest BCUT2D eigenvalue weighted by Crippen LogP contribution is 2.21. The normalized spacial score (nSPS) is 12.1. The van der Waals surface area contributed by atoms with Crippen LogP contribution in [0.3, 0.4) is 0 Å². The lowest BCUT2D eigenvalue weighted by Gasteiger charge is -2.22.